The SMILES string of the molecule is Cc1cc2c(cc1C)N[C@@H](c1cc([N+](=O)[O-])ccc1O)[C@@H]1C(=O)CC(C)(C)C=C1N2. The largest absolute Gasteiger partial charge is 0.508 e. The van der Waals surface area contributed by atoms with Crippen LogP contribution in [0, 0.1) is 35.3 Å². The summed E-state index contributed by atoms with van der Waals surface area (Å²) >= 11 is 0. The molecule has 2 aliphatic rings. The number of nitro groups is 1. The lowest BCUT2D eigenvalue weighted by molar-refractivity contribution is -0.385. The number of aryl methyl sites for hydroxylation is 2. The zero-order valence-electron chi connectivity index (χ0n) is 17.4. The number of allylic oxidation sites excluding steroid dienone is 1. The predicted octanol–water partition coefficient (Wildman–Crippen LogP) is 5.00. The van der Waals surface area contributed by atoms with Crippen molar-refractivity contribution in [1.82, 2.24) is 0 Å². The summed E-state index contributed by atoms with van der Waals surface area (Å²) < 4.78 is 0. The number of hydrogen-bond donors (Lipinski definition) is 3. The van der Waals surface area contributed by atoms with Crippen LogP contribution in [0.4, 0.5) is 17.1 Å². The number of anilines is 2. The van der Waals surface area contributed by atoms with Gasteiger partial charge in [0.05, 0.1) is 28.3 Å². The number of benzene rings is 2. The molecule has 0 spiro atoms. The number of carbonyl (C=O) groups is 1. The Kier molecular flexibility index (Phi) is 4.56. The van der Waals surface area contributed by atoms with Crippen LogP contribution in [0.5, 0.6) is 5.75 Å². The highest BCUT2D eigenvalue weighted by atomic mass is 16.6. The van der Waals surface area contributed by atoms with Crippen molar-refractivity contribution in [2.75, 3.05) is 10.6 Å². The first-order valence-electron chi connectivity index (χ1n) is 9.93. The van der Waals surface area contributed by atoms with Crippen LogP contribution in [0.15, 0.2) is 42.1 Å². The van der Waals surface area contributed by atoms with Crippen molar-refractivity contribution in [2.45, 2.75) is 40.2 Å². The summed E-state index contributed by atoms with van der Waals surface area (Å²) in [4.78, 5) is 24.1. The minimum absolute atomic E-state index is 0.0228. The Hall–Kier alpha value is -3.35. The second kappa shape index (κ2) is 6.86. The number of ketones is 1. The van der Waals surface area contributed by atoms with Crippen molar-refractivity contribution in [3.63, 3.8) is 0 Å². The fraction of sp³-hybridized carbons (Fsp3) is 0.348. The fourth-order valence-corrected chi connectivity index (χ4v) is 4.38. The van der Waals surface area contributed by atoms with E-state index in [1.807, 2.05) is 39.8 Å². The van der Waals surface area contributed by atoms with Gasteiger partial charge in [0.1, 0.15) is 11.5 Å². The van der Waals surface area contributed by atoms with E-state index in [9.17, 15) is 20.0 Å². The molecule has 0 saturated heterocycles. The molecule has 0 fully saturated rings. The van der Waals surface area contributed by atoms with Crippen LogP contribution in [0.25, 0.3) is 0 Å². The monoisotopic (exact) mass is 407 g/mol. The molecule has 7 nitrogen and oxygen atoms in total. The van der Waals surface area contributed by atoms with E-state index in [0.29, 0.717) is 12.0 Å². The van der Waals surface area contributed by atoms with Gasteiger partial charge >= 0.3 is 0 Å². The number of Topliss-reactive ketones (excluding diaryl/α,β-unsaturated/α-hetero) is 1. The van der Waals surface area contributed by atoms with Gasteiger partial charge in [0.25, 0.3) is 5.69 Å². The summed E-state index contributed by atoms with van der Waals surface area (Å²) in [7, 11) is 0. The maximum Gasteiger partial charge on any atom is 0.270 e. The van der Waals surface area contributed by atoms with Crippen molar-refractivity contribution >= 4 is 22.8 Å². The van der Waals surface area contributed by atoms with Crippen LogP contribution in [-0.2, 0) is 4.79 Å². The number of nitrogens with zero attached hydrogens (tertiary/aromatic N) is 1. The summed E-state index contributed by atoms with van der Waals surface area (Å²) in [6, 6.07) is 7.30. The molecule has 0 aromatic heterocycles. The molecule has 0 bridgehead atoms. The molecule has 0 radical (unpaired) electrons. The first kappa shape index (κ1) is 19.9. The number of nitrogens with one attached hydrogen (secondary N) is 2. The highest BCUT2D eigenvalue weighted by Gasteiger charge is 2.42. The molecule has 4 rings (SSSR count). The van der Waals surface area contributed by atoms with Gasteiger partial charge in [0.15, 0.2) is 0 Å². The molecule has 1 aliphatic carbocycles. The van der Waals surface area contributed by atoms with Gasteiger partial charge in [0.2, 0.25) is 0 Å². The molecule has 0 amide bonds. The first-order valence-corrected chi connectivity index (χ1v) is 9.93. The normalized spacial score (nSPS) is 22.0. The third-order valence-electron chi connectivity index (χ3n) is 5.97. The maximum atomic E-state index is 13.3. The summed E-state index contributed by atoms with van der Waals surface area (Å²) in [6.07, 6.45) is 2.41. The van der Waals surface area contributed by atoms with Gasteiger partial charge in [-0.2, -0.15) is 0 Å². The molecular weight excluding hydrogens is 382 g/mol. The Morgan fingerprint density at radius 3 is 2.47 bits per heavy atom. The van der Waals surface area contributed by atoms with Crippen LogP contribution in [0.1, 0.15) is 43.0 Å². The van der Waals surface area contributed by atoms with E-state index >= 15 is 0 Å². The van der Waals surface area contributed by atoms with Crippen LogP contribution in [-0.4, -0.2) is 15.8 Å². The Balaban J connectivity index is 1.94. The van der Waals surface area contributed by atoms with Gasteiger partial charge in [-0.3, -0.25) is 14.9 Å². The van der Waals surface area contributed by atoms with E-state index in [4.69, 9.17) is 0 Å². The number of non-ortho nitro benzene ring substituents is 1. The Morgan fingerprint density at radius 1 is 1.13 bits per heavy atom. The third kappa shape index (κ3) is 3.40. The van der Waals surface area contributed by atoms with Crippen LogP contribution in [0.3, 0.4) is 0 Å². The van der Waals surface area contributed by atoms with Gasteiger partial charge in [-0.1, -0.05) is 19.9 Å². The van der Waals surface area contributed by atoms with E-state index in [2.05, 4.69) is 16.7 Å². The molecule has 2 aromatic carbocycles. The Labute approximate surface area is 175 Å². The fourth-order valence-electron chi connectivity index (χ4n) is 4.38. The van der Waals surface area contributed by atoms with E-state index in [1.165, 1.54) is 18.2 Å². The summed E-state index contributed by atoms with van der Waals surface area (Å²) in [6.45, 7) is 8.04. The molecule has 7 heteroatoms. The molecule has 1 aliphatic heterocycles. The molecule has 0 unspecified atom stereocenters. The Bertz CT molecular complexity index is 1100. The first-order chi connectivity index (χ1) is 14.1. The molecule has 156 valence electrons. The zero-order chi connectivity index (χ0) is 21.8. The minimum atomic E-state index is -0.643. The lowest BCUT2D eigenvalue weighted by Gasteiger charge is -2.35. The number of hydrogen-bond acceptors (Lipinski definition) is 6. The summed E-state index contributed by atoms with van der Waals surface area (Å²) in [5.74, 6) is -0.657. The quantitative estimate of drug-likeness (QED) is 0.478. The number of fused-ring (bicyclic) bond motifs is 2. The number of aromatic hydroxyl groups is 1. The van der Waals surface area contributed by atoms with Crippen molar-refractivity contribution in [2.24, 2.45) is 11.3 Å². The zero-order valence-corrected chi connectivity index (χ0v) is 17.4. The number of rotatable bonds is 2. The van der Waals surface area contributed by atoms with Crippen molar-refractivity contribution < 1.29 is 14.8 Å². The number of carbonyl (C=O) groups excluding carboxylic acids is 1. The number of phenols is 1. The van der Waals surface area contributed by atoms with E-state index in [1.54, 1.807) is 0 Å². The Morgan fingerprint density at radius 2 is 1.80 bits per heavy atom. The second-order valence-corrected chi connectivity index (χ2v) is 8.94. The van der Waals surface area contributed by atoms with Gasteiger partial charge < -0.3 is 15.7 Å². The van der Waals surface area contributed by atoms with Gasteiger partial charge in [-0.05, 0) is 48.6 Å². The second-order valence-electron chi connectivity index (χ2n) is 8.94. The van der Waals surface area contributed by atoms with Crippen LogP contribution < -0.4 is 10.6 Å². The molecular formula is C23H25N3O4. The highest BCUT2D eigenvalue weighted by molar-refractivity contribution is 5.90. The molecule has 2 atom stereocenters. The lowest BCUT2D eigenvalue weighted by atomic mass is 9.72. The molecule has 3 N–H and O–H groups in total. The van der Waals surface area contributed by atoms with Crippen molar-refractivity contribution in [3.8, 4) is 5.75 Å². The highest BCUT2D eigenvalue weighted by Crippen LogP contribution is 2.47. The van der Waals surface area contributed by atoms with E-state index in [0.717, 1.165) is 28.2 Å². The summed E-state index contributed by atoms with van der Waals surface area (Å²) in [5.41, 5.74) is 4.46. The lowest BCUT2D eigenvalue weighted by Crippen LogP contribution is -2.36. The predicted molar refractivity (Wildman–Crippen MR) is 116 cm³/mol. The smallest absolute Gasteiger partial charge is 0.270 e. The van der Waals surface area contributed by atoms with Gasteiger partial charge in [-0.15, -0.1) is 0 Å². The molecule has 1 heterocycles. The number of phenolic OH excluding ortho intramolecular Hbond substituents is 1. The standard InChI is InChI=1S/C23H25N3O4/c1-12-7-16-17(8-13(12)2)25-22(15-9-14(26(29)30)5-6-19(15)27)21-18(24-16)10-23(3,4)11-20(21)28/h5-10,21-22,24-25,27H,11H2,1-4H3/t21-,22-/m0/s1. The molecule has 0 saturated carbocycles. The number of nitro benzene ring substituents is 1. The van der Waals surface area contributed by atoms with Gasteiger partial charge in [0, 0.05) is 29.8 Å². The molecule has 30 heavy (non-hydrogen) atoms. The molecule has 2 aromatic rings. The average Bonchev–Trinajstić information content (AvgIpc) is 2.78. The maximum absolute atomic E-state index is 13.3. The van der Waals surface area contributed by atoms with E-state index < -0.39 is 16.9 Å². The van der Waals surface area contributed by atoms with Crippen LogP contribution >= 0.6 is 0 Å². The van der Waals surface area contributed by atoms with Gasteiger partial charge in [-0.25, -0.2) is 0 Å². The van der Waals surface area contributed by atoms with E-state index in [-0.39, 0.29) is 22.6 Å². The summed E-state index contributed by atoms with van der Waals surface area (Å²) in [5, 5.41) is 28.7. The van der Waals surface area contributed by atoms with Crippen molar-refractivity contribution in [1.29, 1.82) is 0 Å². The average molecular weight is 407 g/mol. The topological polar surface area (TPSA) is 104 Å². The van der Waals surface area contributed by atoms with Crippen LogP contribution in [0.2, 0.25) is 0 Å². The van der Waals surface area contributed by atoms with Crippen molar-refractivity contribution in [3.05, 3.63) is 68.9 Å². The minimum Gasteiger partial charge on any atom is -0.508 e. The third-order valence-corrected chi connectivity index (χ3v) is 5.97.